The number of Topliss-reactive ketones (excluding diaryl/α,β-unsaturated/α-hetero) is 1. The van der Waals surface area contributed by atoms with Crippen LogP contribution in [-0.4, -0.2) is 30.5 Å². The van der Waals surface area contributed by atoms with Gasteiger partial charge in [-0.05, 0) is 67.6 Å². The number of halogens is 1. The number of esters is 1. The first-order valence-electron chi connectivity index (χ1n) is 10.4. The van der Waals surface area contributed by atoms with E-state index in [1.54, 1.807) is 32.5 Å². The SMILES string of the molecule is CCOC(=O)CCCC1(Cc2ccncc2)C(=O)c2cc(Cl)cc3c(OC)ccc1c23. The number of benzene rings is 2. The molecule has 0 N–H and O–H groups in total. The Morgan fingerprint density at radius 2 is 1.94 bits per heavy atom. The highest BCUT2D eigenvalue weighted by molar-refractivity contribution is 6.33. The summed E-state index contributed by atoms with van der Waals surface area (Å²) in [5.74, 6) is 0.470. The Morgan fingerprint density at radius 1 is 1.16 bits per heavy atom. The number of carbonyl (C=O) groups excluding carboxylic acids is 2. The fourth-order valence-electron chi connectivity index (χ4n) is 4.69. The Kier molecular flexibility index (Phi) is 5.96. The number of carbonyl (C=O) groups is 2. The summed E-state index contributed by atoms with van der Waals surface area (Å²) in [6.07, 6.45) is 5.33. The molecule has 3 aromatic rings. The van der Waals surface area contributed by atoms with E-state index in [1.807, 2.05) is 30.3 Å². The van der Waals surface area contributed by atoms with Crippen molar-refractivity contribution < 1.29 is 19.1 Å². The van der Waals surface area contributed by atoms with Crippen molar-refractivity contribution in [3.05, 3.63) is 70.5 Å². The fraction of sp³-hybridized carbons (Fsp3) is 0.320. The minimum absolute atomic E-state index is 0.0314. The molecule has 0 saturated carbocycles. The van der Waals surface area contributed by atoms with Gasteiger partial charge in [-0.1, -0.05) is 17.7 Å². The number of rotatable bonds is 8. The Bertz CT molecular complexity index is 1150. The highest BCUT2D eigenvalue weighted by Gasteiger charge is 2.47. The van der Waals surface area contributed by atoms with E-state index in [0.717, 1.165) is 21.9 Å². The lowest BCUT2D eigenvalue weighted by atomic mass is 9.71. The van der Waals surface area contributed by atoms with Crippen molar-refractivity contribution in [2.24, 2.45) is 0 Å². The summed E-state index contributed by atoms with van der Waals surface area (Å²) >= 11 is 6.38. The predicted molar refractivity (Wildman–Crippen MR) is 120 cm³/mol. The highest BCUT2D eigenvalue weighted by Crippen LogP contribution is 2.50. The van der Waals surface area contributed by atoms with Gasteiger partial charge in [0.1, 0.15) is 5.75 Å². The van der Waals surface area contributed by atoms with Gasteiger partial charge in [0.15, 0.2) is 5.78 Å². The number of ketones is 1. The molecule has 1 heterocycles. The van der Waals surface area contributed by atoms with E-state index >= 15 is 0 Å². The van der Waals surface area contributed by atoms with E-state index in [1.165, 1.54) is 0 Å². The fourth-order valence-corrected chi connectivity index (χ4v) is 4.91. The quantitative estimate of drug-likeness (QED) is 0.447. The Labute approximate surface area is 186 Å². The topological polar surface area (TPSA) is 65.5 Å². The zero-order valence-electron chi connectivity index (χ0n) is 17.6. The normalized spacial score (nSPS) is 17.2. The van der Waals surface area contributed by atoms with Crippen molar-refractivity contribution >= 4 is 34.1 Å². The third-order valence-electron chi connectivity index (χ3n) is 6.00. The van der Waals surface area contributed by atoms with Gasteiger partial charge in [-0.25, -0.2) is 0 Å². The van der Waals surface area contributed by atoms with Crippen molar-refractivity contribution in [1.82, 2.24) is 4.98 Å². The van der Waals surface area contributed by atoms with Crippen molar-refractivity contribution in [2.45, 2.75) is 38.0 Å². The van der Waals surface area contributed by atoms with E-state index in [9.17, 15) is 9.59 Å². The van der Waals surface area contributed by atoms with E-state index in [0.29, 0.717) is 42.2 Å². The van der Waals surface area contributed by atoms with Crippen LogP contribution in [0.25, 0.3) is 10.8 Å². The molecule has 0 amide bonds. The number of methoxy groups -OCH3 is 1. The molecule has 5 nitrogen and oxygen atoms in total. The average molecular weight is 438 g/mol. The van der Waals surface area contributed by atoms with E-state index in [-0.39, 0.29) is 18.2 Å². The first kappa shape index (κ1) is 21.3. The lowest BCUT2D eigenvalue weighted by Crippen LogP contribution is -2.35. The summed E-state index contributed by atoms with van der Waals surface area (Å²) in [5, 5.41) is 2.22. The summed E-state index contributed by atoms with van der Waals surface area (Å²) in [7, 11) is 1.61. The molecule has 4 rings (SSSR count). The Hall–Kier alpha value is -2.92. The molecule has 0 aliphatic heterocycles. The second-order valence-corrected chi connectivity index (χ2v) is 8.23. The molecule has 1 aliphatic rings. The van der Waals surface area contributed by atoms with Crippen molar-refractivity contribution in [3.63, 3.8) is 0 Å². The summed E-state index contributed by atoms with van der Waals surface area (Å²) in [5.41, 5.74) is 1.80. The van der Waals surface area contributed by atoms with Crippen LogP contribution in [-0.2, 0) is 21.4 Å². The molecule has 0 fully saturated rings. The van der Waals surface area contributed by atoms with Crippen LogP contribution in [0.1, 0.15) is 47.7 Å². The monoisotopic (exact) mass is 437 g/mol. The first-order valence-corrected chi connectivity index (χ1v) is 10.8. The Balaban J connectivity index is 1.83. The van der Waals surface area contributed by atoms with E-state index < -0.39 is 5.41 Å². The molecule has 31 heavy (non-hydrogen) atoms. The van der Waals surface area contributed by atoms with Crippen LogP contribution in [0.2, 0.25) is 5.02 Å². The molecule has 0 spiro atoms. The number of pyridine rings is 1. The zero-order chi connectivity index (χ0) is 22.0. The summed E-state index contributed by atoms with van der Waals surface area (Å²) in [4.78, 5) is 30.0. The third-order valence-corrected chi connectivity index (χ3v) is 6.22. The van der Waals surface area contributed by atoms with Crippen LogP contribution in [0.15, 0.2) is 48.8 Å². The minimum atomic E-state index is -0.786. The predicted octanol–water partition coefficient (Wildman–Crippen LogP) is 5.31. The van der Waals surface area contributed by atoms with Gasteiger partial charge in [-0.2, -0.15) is 0 Å². The van der Waals surface area contributed by atoms with E-state index in [4.69, 9.17) is 21.1 Å². The molecular weight excluding hydrogens is 414 g/mol. The zero-order valence-corrected chi connectivity index (χ0v) is 18.4. The second kappa shape index (κ2) is 8.67. The molecule has 0 bridgehead atoms. The lowest BCUT2D eigenvalue weighted by Gasteiger charge is -2.29. The molecule has 1 unspecified atom stereocenters. The van der Waals surface area contributed by atoms with Crippen molar-refractivity contribution in [1.29, 1.82) is 0 Å². The smallest absolute Gasteiger partial charge is 0.305 e. The van der Waals surface area contributed by atoms with Crippen LogP contribution in [0, 0.1) is 0 Å². The van der Waals surface area contributed by atoms with Crippen LogP contribution >= 0.6 is 11.6 Å². The number of nitrogens with zero attached hydrogens (tertiary/aromatic N) is 1. The standard InChI is InChI=1S/C25H24ClNO4/c1-3-31-22(28)5-4-10-25(15-16-8-11-27-12-9-16)20-6-7-21(30-2)18-13-17(26)14-19(23(18)20)24(25)29/h6-9,11-14H,3-5,10,15H2,1-2H3. The van der Waals surface area contributed by atoms with Gasteiger partial charge in [0, 0.05) is 40.2 Å². The van der Waals surface area contributed by atoms with Crippen LogP contribution < -0.4 is 4.74 Å². The molecule has 1 aliphatic carbocycles. The largest absolute Gasteiger partial charge is 0.496 e. The summed E-state index contributed by atoms with van der Waals surface area (Å²) in [6.45, 7) is 2.14. The highest BCUT2D eigenvalue weighted by atomic mass is 35.5. The minimum Gasteiger partial charge on any atom is -0.496 e. The average Bonchev–Trinajstić information content (AvgIpc) is 2.98. The van der Waals surface area contributed by atoms with Crippen molar-refractivity contribution in [3.8, 4) is 5.75 Å². The van der Waals surface area contributed by atoms with Gasteiger partial charge < -0.3 is 9.47 Å². The molecular formula is C25H24ClNO4. The van der Waals surface area contributed by atoms with Gasteiger partial charge in [0.25, 0.3) is 0 Å². The first-order chi connectivity index (χ1) is 15.0. The van der Waals surface area contributed by atoms with Gasteiger partial charge >= 0.3 is 5.97 Å². The van der Waals surface area contributed by atoms with Crippen LogP contribution in [0.3, 0.4) is 0 Å². The third kappa shape index (κ3) is 3.79. The molecule has 6 heteroatoms. The van der Waals surface area contributed by atoms with E-state index in [2.05, 4.69) is 4.98 Å². The summed E-state index contributed by atoms with van der Waals surface area (Å²) in [6, 6.07) is 11.3. The van der Waals surface area contributed by atoms with Crippen molar-refractivity contribution in [2.75, 3.05) is 13.7 Å². The van der Waals surface area contributed by atoms with Gasteiger partial charge in [0.2, 0.25) is 0 Å². The number of hydrogen-bond acceptors (Lipinski definition) is 5. The maximum atomic E-state index is 13.9. The molecule has 160 valence electrons. The number of aromatic nitrogens is 1. The molecule has 0 radical (unpaired) electrons. The second-order valence-electron chi connectivity index (χ2n) is 7.79. The van der Waals surface area contributed by atoms with Gasteiger partial charge in [-0.3, -0.25) is 14.6 Å². The van der Waals surface area contributed by atoms with Gasteiger partial charge in [-0.15, -0.1) is 0 Å². The lowest BCUT2D eigenvalue weighted by molar-refractivity contribution is -0.143. The van der Waals surface area contributed by atoms with Crippen LogP contribution in [0.5, 0.6) is 5.75 Å². The van der Waals surface area contributed by atoms with Crippen LogP contribution in [0.4, 0.5) is 0 Å². The number of ether oxygens (including phenoxy) is 2. The van der Waals surface area contributed by atoms with Gasteiger partial charge in [0.05, 0.1) is 19.1 Å². The molecule has 2 aromatic carbocycles. The number of hydrogen-bond donors (Lipinski definition) is 0. The summed E-state index contributed by atoms with van der Waals surface area (Å²) < 4.78 is 10.6. The molecule has 1 aromatic heterocycles. The molecule has 1 atom stereocenters. The Morgan fingerprint density at radius 3 is 2.65 bits per heavy atom. The maximum absolute atomic E-state index is 13.9. The maximum Gasteiger partial charge on any atom is 0.305 e. The molecule has 0 saturated heterocycles.